The molecule has 0 saturated carbocycles. The molecular formula is C17H21B. The summed E-state index contributed by atoms with van der Waals surface area (Å²) < 4.78 is 0. The number of benzene rings is 2. The molecule has 0 aliphatic carbocycles. The van der Waals surface area contributed by atoms with Crippen molar-refractivity contribution in [3.05, 3.63) is 65.7 Å². The molecule has 92 valence electrons. The Morgan fingerprint density at radius 2 is 1.28 bits per heavy atom. The molecule has 1 heteroatoms. The summed E-state index contributed by atoms with van der Waals surface area (Å²) in [4.78, 5) is 0. The fraction of sp³-hybridized carbons (Fsp3) is 0.294. The Bertz CT molecular complexity index is 457. The van der Waals surface area contributed by atoms with Gasteiger partial charge < -0.3 is 0 Å². The lowest BCUT2D eigenvalue weighted by Gasteiger charge is -2.05. The van der Waals surface area contributed by atoms with Gasteiger partial charge in [-0.15, -0.1) is 0 Å². The van der Waals surface area contributed by atoms with Gasteiger partial charge in [-0.25, -0.2) is 0 Å². The van der Waals surface area contributed by atoms with Gasteiger partial charge in [0.05, 0.1) is 0 Å². The highest BCUT2D eigenvalue weighted by atomic mass is 14.0. The normalized spacial score (nSPS) is 10.3. The van der Waals surface area contributed by atoms with Crippen LogP contribution in [0.2, 0.25) is 13.6 Å². The summed E-state index contributed by atoms with van der Waals surface area (Å²) in [7, 11) is 0. The summed E-state index contributed by atoms with van der Waals surface area (Å²) in [5, 5.41) is 0. The van der Waals surface area contributed by atoms with Crippen LogP contribution in [0.15, 0.2) is 54.6 Å². The first kappa shape index (κ1) is 12.9. The summed E-state index contributed by atoms with van der Waals surface area (Å²) in [6.07, 6.45) is 3.57. The smallest absolute Gasteiger partial charge is 0.0819 e. The first-order valence-corrected chi connectivity index (χ1v) is 6.88. The standard InChI is InChI=1S/C17H21B/c1-18(2)17-13-11-16(12-14-17)10-6-9-15-7-4-3-5-8-15/h3-5,7-8,11-14H,6,9-10H2,1-2H3. The number of aryl methyl sites for hydroxylation is 2. The van der Waals surface area contributed by atoms with Crippen molar-refractivity contribution >= 4 is 12.2 Å². The Morgan fingerprint density at radius 1 is 0.722 bits per heavy atom. The van der Waals surface area contributed by atoms with Gasteiger partial charge in [-0.1, -0.05) is 73.7 Å². The van der Waals surface area contributed by atoms with Crippen molar-refractivity contribution in [2.75, 3.05) is 0 Å². The average molecular weight is 236 g/mol. The molecule has 2 aromatic carbocycles. The number of hydrogen-bond acceptors (Lipinski definition) is 0. The van der Waals surface area contributed by atoms with E-state index in [2.05, 4.69) is 68.2 Å². The van der Waals surface area contributed by atoms with Gasteiger partial charge in [0.1, 0.15) is 0 Å². The van der Waals surface area contributed by atoms with Crippen molar-refractivity contribution in [2.24, 2.45) is 0 Å². The van der Waals surface area contributed by atoms with Gasteiger partial charge in [0, 0.05) is 0 Å². The summed E-state index contributed by atoms with van der Waals surface area (Å²) in [5.41, 5.74) is 4.33. The summed E-state index contributed by atoms with van der Waals surface area (Å²) in [5.74, 6) is 0. The third-order valence-corrected chi connectivity index (χ3v) is 3.42. The maximum atomic E-state index is 2.28. The van der Waals surface area contributed by atoms with Crippen LogP contribution < -0.4 is 5.46 Å². The van der Waals surface area contributed by atoms with Crippen LogP contribution in [0.25, 0.3) is 0 Å². The minimum Gasteiger partial charge on any atom is -0.0819 e. The summed E-state index contributed by atoms with van der Waals surface area (Å²) in [6.45, 7) is 5.11. The fourth-order valence-corrected chi connectivity index (χ4v) is 2.21. The minimum atomic E-state index is 0.628. The molecule has 0 spiro atoms. The Kier molecular flexibility index (Phi) is 4.63. The van der Waals surface area contributed by atoms with E-state index < -0.39 is 0 Å². The molecule has 0 radical (unpaired) electrons. The predicted octanol–water partition coefficient (Wildman–Crippen LogP) is 3.82. The number of hydrogen-bond donors (Lipinski definition) is 0. The topological polar surface area (TPSA) is 0 Å². The minimum absolute atomic E-state index is 0.628. The third-order valence-electron chi connectivity index (χ3n) is 3.42. The molecule has 0 atom stereocenters. The van der Waals surface area contributed by atoms with Gasteiger partial charge in [-0.05, 0) is 30.4 Å². The molecule has 0 fully saturated rings. The lowest BCUT2D eigenvalue weighted by atomic mass is 9.49. The first-order chi connectivity index (χ1) is 8.75. The Balaban J connectivity index is 1.83. The Labute approximate surface area is 111 Å². The lowest BCUT2D eigenvalue weighted by Crippen LogP contribution is -2.21. The molecule has 2 aromatic rings. The van der Waals surface area contributed by atoms with Crippen LogP contribution in [-0.2, 0) is 12.8 Å². The zero-order chi connectivity index (χ0) is 12.8. The van der Waals surface area contributed by atoms with Gasteiger partial charge >= 0.3 is 0 Å². The quantitative estimate of drug-likeness (QED) is 0.692. The van der Waals surface area contributed by atoms with Crippen molar-refractivity contribution in [3.8, 4) is 0 Å². The molecule has 0 nitrogen and oxygen atoms in total. The van der Waals surface area contributed by atoms with Crippen LogP contribution >= 0.6 is 0 Å². The van der Waals surface area contributed by atoms with Gasteiger partial charge in [0.2, 0.25) is 0 Å². The van der Waals surface area contributed by atoms with Crippen molar-refractivity contribution in [1.82, 2.24) is 0 Å². The van der Waals surface area contributed by atoms with E-state index in [0.29, 0.717) is 6.71 Å². The van der Waals surface area contributed by atoms with Gasteiger partial charge in [-0.3, -0.25) is 0 Å². The second kappa shape index (κ2) is 6.44. The summed E-state index contributed by atoms with van der Waals surface area (Å²) >= 11 is 0. The highest BCUT2D eigenvalue weighted by Gasteiger charge is 2.02. The SMILES string of the molecule is CB(C)c1ccc(CCCc2ccccc2)cc1. The Morgan fingerprint density at radius 3 is 1.83 bits per heavy atom. The van der Waals surface area contributed by atoms with E-state index in [1.807, 2.05) is 0 Å². The van der Waals surface area contributed by atoms with E-state index in [0.717, 1.165) is 0 Å². The van der Waals surface area contributed by atoms with E-state index in [9.17, 15) is 0 Å². The third kappa shape index (κ3) is 3.77. The molecule has 0 saturated heterocycles. The van der Waals surface area contributed by atoms with Gasteiger partial charge in [-0.2, -0.15) is 0 Å². The molecule has 0 aliphatic heterocycles. The van der Waals surface area contributed by atoms with Crippen LogP contribution in [0.5, 0.6) is 0 Å². The van der Waals surface area contributed by atoms with E-state index in [-0.39, 0.29) is 0 Å². The molecule has 0 heterocycles. The van der Waals surface area contributed by atoms with Crippen LogP contribution in [0, 0.1) is 0 Å². The highest BCUT2D eigenvalue weighted by molar-refractivity contribution is 6.70. The van der Waals surface area contributed by atoms with Crippen molar-refractivity contribution in [2.45, 2.75) is 32.9 Å². The molecule has 2 rings (SSSR count). The molecule has 0 aliphatic rings. The van der Waals surface area contributed by atoms with Gasteiger partial charge in [0.15, 0.2) is 6.71 Å². The fourth-order valence-electron chi connectivity index (χ4n) is 2.21. The van der Waals surface area contributed by atoms with E-state index >= 15 is 0 Å². The van der Waals surface area contributed by atoms with E-state index in [1.165, 1.54) is 35.9 Å². The largest absolute Gasteiger partial charge is 0.169 e. The zero-order valence-electron chi connectivity index (χ0n) is 11.4. The maximum absolute atomic E-state index is 2.28. The number of rotatable bonds is 5. The van der Waals surface area contributed by atoms with Gasteiger partial charge in [0.25, 0.3) is 0 Å². The molecule has 0 N–H and O–H groups in total. The van der Waals surface area contributed by atoms with Crippen molar-refractivity contribution < 1.29 is 0 Å². The monoisotopic (exact) mass is 236 g/mol. The Hall–Kier alpha value is -1.50. The van der Waals surface area contributed by atoms with Crippen LogP contribution in [0.1, 0.15) is 17.5 Å². The average Bonchev–Trinajstić information content (AvgIpc) is 2.40. The maximum Gasteiger partial charge on any atom is 0.169 e. The van der Waals surface area contributed by atoms with E-state index in [4.69, 9.17) is 0 Å². The van der Waals surface area contributed by atoms with Crippen molar-refractivity contribution in [3.63, 3.8) is 0 Å². The van der Waals surface area contributed by atoms with Crippen molar-refractivity contribution in [1.29, 1.82) is 0 Å². The first-order valence-electron chi connectivity index (χ1n) is 6.88. The van der Waals surface area contributed by atoms with E-state index in [1.54, 1.807) is 0 Å². The molecule has 0 amide bonds. The molecule has 0 unspecified atom stereocenters. The van der Waals surface area contributed by atoms with Crippen LogP contribution in [0.4, 0.5) is 0 Å². The summed E-state index contributed by atoms with van der Waals surface area (Å²) in [6, 6.07) is 19.8. The highest BCUT2D eigenvalue weighted by Crippen LogP contribution is 2.07. The lowest BCUT2D eigenvalue weighted by molar-refractivity contribution is 0.821. The molecule has 0 aromatic heterocycles. The zero-order valence-corrected chi connectivity index (χ0v) is 11.4. The molecule has 0 bridgehead atoms. The second-order valence-electron chi connectivity index (χ2n) is 5.24. The predicted molar refractivity (Wildman–Crippen MR) is 82.0 cm³/mol. The van der Waals surface area contributed by atoms with Crippen LogP contribution in [0.3, 0.4) is 0 Å². The second-order valence-corrected chi connectivity index (χ2v) is 5.24. The van der Waals surface area contributed by atoms with Crippen LogP contribution in [-0.4, -0.2) is 6.71 Å². The molecule has 18 heavy (non-hydrogen) atoms. The molecular weight excluding hydrogens is 215 g/mol.